The first-order valence-electron chi connectivity index (χ1n) is 7.14. The van der Waals surface area contributed by atoms with Crippen molar-refractivity contribution >= 4 is 23.0 Å². The van der Waals surface area contributed by atoms with Gasteiger partial charge in [-0.25, -0.2) is 4.39 Å². The Bertz CT molecular complexity index is 614. The van der Waals surface area contributed by atoms with Gasteiger partial charge in [0.25, 0.3) is 0 Å². The highest BCUT2D eigenvalue weighted by molar-refractivity contribution is 7.80. The van der Waals surface area contributed by atoms with E-state index in [4.69, 9.17) is 17.0 Å². The fourth-order valence-electron chi connectivity index (χ4n) is 2.00. The zero-order valence-electron chi connectivity index (χ0n) is 12.6. The third-order valence-electron chi connectivity index (χ3n) is 3.14. The highest BCUT2D eigenvalue weighted by atomic mass is 32.1. The van der Waals surface area contributed by atoms with Gasteiger partial charge in [0.2, 0.25) is 0 Å². The van der Waals surface area contributed by atoms with Crippen LogP contribution in [0.3, 0.4) is 0 Å². The van der Waals surface area contributed by atoms with Crippen LogP contribution in [0.25, 0.3) is 0 Å². The monoisotopic (exact) mass is 318 g/mol. The quantitative estimate of drug-likeness (QED) is 0.807. The summed E-state index contributed by atoms with van der Waals surface area (Å²) in [4.78, 5) is 0. The van der Waals surface area contributed by atoms with E-state index in [2.05, 4.69) is 10.6 Å². The molecular weight excluding hydrogens is 299 g/mol. The first-order valence-corrected chi connectivity index (χ1v) is 7.55. The molecule has 3 nitrogen and oxygen atoms in total. The number of nitrogens with one attached hydrogen (secondary N) is 2. The molecule has 2 rings (SSSR count). The lowest BCUT2D eigenvalue weighted by Crippen LogP contribution is -2.30. The van der Waals surface area contributed by atoms with Crippen molar-refractivity contribution in [3.8, 4) is 5.75 Å². The van der Waals surface area contributed by atoms with Crippen LogP contribution in [-0.4, -0.2) is 11.7 Å². The largest absolute Gasteiger partial charge is 0.494 e. The number of halogens is 1. The summed E-state index contributed by atoms with van der Waals surface area (Å²) >= 11 is 5.27. The van der Waals surface area contributed by atoms with Gasteiger partial charge in [0.15, 0.2) is 5.11 Å². The smallest absolute Gasteiger partial charge is 0.171 e. The van der Waals surface area contributed by atoms with Crippen LogP contribution in [0.4, 0.5) is 10.1 Å². The highest BCUT2D eigenvalue weighted by Crippen LogP contribution is 2.18. The van der Waals surface area contributed by atoms with Gasteiger partial charge >= 0.3 is 0 Å². The van der Waals surface area contributed by atoms with Crippen LogP contribution in [0.15, 0.2) is 48.5 Å². The van der Waals surface area contributed by atoms with Crippen LogP contribution >= 0.6 is 12.2 Å². The zero-order chi connectivity index (χ0) is 15.9. The van der Waals surface area contributed by atoms with Crippen LogP contribution in [0.2, 0.25) is 0 Å². The van der Waals surface area contributed by atoms with Crippen molar-refractivity contribution < 1.29 is 9.13 Å². The summed E-state index contributed by atoms with van der Waals surface area (Å²) in [7, 11) is 0. The average molecular weight is 318 g/mol. The number of hydrogen-bond acceptors (Lipinski definition) is 2. The summed E-state index contributed by atoms with van der Waals surface area (Å²) < 4.78 is 18.3. The average Bonchev–Trinajstić information content (AvgIpc) is 2.50. The van der Waals surface area contributed by atoms with Crippen LogP contribution < -0.4 is 15.4 Å². The van der Waals surface area contributed by atoms with E-state index in [0.29, 0.717) is 11.7 Å². The van der Waals surface area contributed by atoms with Crippen molar-refractivity contribution in [1.82, 2.24) is 5.32 Å². The molecule has 2 aromatic rings. The predicted octanol–water partition coefficient (Wildman–Crippen LogP) is 4.27. The molecule has 0 radical (unpaired) electrons. The lowest BCUT2D eigenvalue weighted by Gasteiger charge is -2.17. The Labute approximate surface area is 135 Å². The van der Waals surface area contributed by atoms with E-state index in [1.165, 1.54) is 12.1 Å². The summed E-state index contributed by atoms with van der Waals surface area (Å²) in [5, 5.41) is 6.72. The molecule has 0 aliphatic heterocycles. The molecule has 0 aromatic heterocycles. The highest BCUT2D eigenvalue weighted by Gasteiger charge is 2.07. The van der Waals surface area contributed by atoms with Gasteiger partial charge in [-0.15, -0.1) is 0 Å². The summed E-state index contributed by atoms with van der Waals surface area (Å²) in [6, 6.07) is 14.0. The maximum Gasteiger partial charge on any atom is 0.171 e. The molecule has 0 amide bonds. The molecule has 5 heteroatoms. The van der Waals surface area contributed by atoms with Gasteiger partial charge in [0, 0.05) is 5.69 Å². The van der Waals surface area contributed by atoms with Crippen molar-refractivity contribution in [2.75, 3.05) is 11.9 Å². The normalized spacial score (nSPS) is 11.6. The molecule has 2 aromatic carbocycles. The molecule has 0 bridgehead atoms. The fourth-order valence-corrected chi connectivity index (χ4v) is 2.29. The Hall–Kier alpha value is -2.14. The molecular formula is C17H19FN2OS. The molecule has 116 valence electrons. The van der Waals surface area contributed by atoms with Crippen LogP contribution in [0.5, 0.6) is 5.75 Å². The van der Waals surface area contributed by atoms with Crippen LogP contribution in [-0.2, 0) is 0 Å². The lowest BCUT2D eigenvalue weighted by molar-refractivity contribution is 0.340. The van der Waals surface area contributed by atoms with E-state index in [1.54, 1.807) is 12.1 Å². The minimum absolute atomic E-state index is 0.0520. The van der Waals surface area contributed by atoms with Gasteiger partial charge in [0.05, 0.1) is 12.6 Å². The Morgan fingerprint density at radius 2 is 1.77 bits per heavy atom. The second-order valence-electron chi connectivity index (χ2n) is 4.83. The van der Waals surface area contributed by atoms with Crippen molar-refractivity contribution in [1.29, 1.82) is 0 Å². The number of rotatable bonds is 5. The van der Waals surface area contributed by atoms with E-state index in [-0.39, 0.29) is 11.9 Å². The topological polar surface area (TPSA) is 33.3 Å². The van der Waals surface area contributed by atoms with E-state index >= 15 is 0 Å². The number of thiocarbonyl (C=S) groups is 1. The minimum Gasteiger partial charge on any atom is -0.494 e. The number of ether oxygens (including phenoxy) is 1. The second-order valence-corrected chi connectivity index (χ2v) is 5.24. The number of hydrogen-bond donors (Lipinski definition) is 2. The Morgan fingerprint density at radius 3 is 2.36 bits per heavy atom. The molecule has 0 saturated heterocycles. The predicted molar refractivity (Wildman–Crippen MR) is 91.8 cm³/mol. The van der Waals surface area contributed by atoms with Crippen molar-refractivity contribution in [2.45, 2.75) is 19.9 Å². The Morgan fingerprint density at radius 1 is 1.14 bits per heavy atom. The summed E-state index contributed by atoms with van der Waals surface area (Å²) in [6.07, 6.45) is 0. The first kappa shape index (κ1) is 16.2. The molecule has 0 spiro atoms. The standard InChI is InChI=1S/C17H19FN2OS/c1-3-21-16-10-4-13(5-11-16)12(2)19-17(22)20-15-8-6-14(18)7-9-15/h4-12H,3H2,1-2H3,(H2,19,20,22). The number of benzene rings is 2. The maximum absolute atomic E-state index is 12.9. The third kappa shape index (κ3) is 4.70. The van der Waals surface area contributed by atoms with Gasteiger partial charge in [-0.1, -0.05) is 12.1 Å². The Balaban J connectivity index is 1.91. The minimum atomic E-state index is -0.271. The SMILES string of the molecule is CCOc1ccc(C(C)NC(=S)Nc2ccc(F)cc2)cc1. The van der Waals surface area contributed by atoms with Gasteiger partial charge < -0.3 is 15.4 Å². The van der Waals surface area contributed by atoms with Gasteiger partial charge in [-0.05, 0) is 68.0 Å². The second kappa shape index (κ2) is 7.75. The van der Waals surface area contributed by atoms with E-state index in [1.807, 2.05) is 38.1 Å². The summed E-state index contributed by atoms with van der Waals surface area (Å²) in [5.74, 6) is 0.581. The maximum atomic E-state index is 12.9. The van der Waals surface area contributed by atoms with Crippen molar-refractivity contribution in [3.63, 3.8) is 0 Å². The van der Waals surface area contributed by atoms with Gasteiger partial charge in [-0.2, -0.15) is 0 Å². The summed E-state index contributed by atoms with van der Waals surface area (Å²) in [5.41, 5.74) is 1.85. The van der Waals surface area contributed by atoms with E-state index in [9.17, 15) is 4.39 Å². The van der Waals surface area contributed by atoms with Crippen LogP contribution in [0.1, 0.15) is 25.5 Å². The first-order chi connectivity index (χ1) is 10.6. The van der Waals surface area contributed by atoms with Crippen LogP contribution in [0, 0.1) is 5.82 Å². The van der Waals surface area contributed by atoms with E-state index < -0.39 is 0 Å². The number of anilines is 1. The molecule has 0 heterocycles. The van der Waals surface area contributed by atoms with Gasteiger partial charge in [0.1, 0.15) is 11.6 Å². The molecule has 2 N–H and O–H groups in total. The molecule has 0 aliphatic carbocycles. The van der Waals surface area contributed by atoms with Crippen molar-refractivity contribution in [2.24, 2.45) is 0 Å². The molecule has 0 fully saturated rings. The fraction of sp³-hybridized carbons (Fsp3) is 0.235. The summed E-state index contributed by atoms with van der Waals surface area (Å²) in [6.45, 7) is 4.63. The van der Waals surface area contributed by atoms with E-state index in [0.717, 1.165) is 17.0 Å². The van der Waals surface area contributed by atoms with Gasteiger partial charge in [-0.3, -0.25) is 0 Å². The molecule has 1 atom stereocenters. The molecule has 22 heavy (non-hydrogen) atoms. The lowest BCUT2D eigenvalue weighted by atomic mass is 10.1. The third-order valence-corrected chi connectivity index (χ3v) is 3.36. The molecule has 0 aliphatic rings. The van der Waals surface area contributed by atoms with Crippen molar-refractivity contribution in [3.05, 3.63) is 59.9 Å². The molecule has 1 unspecified atom stereocenters. The molecule has 0 saturated carbocycles. The Kier molecular flexibility index (Phi) is 5.72. The zero-order valence-corrected chi connectivity index (χ0v) is 13.4.